The summed E-state index contributed by atoms with van der Waals surface area (Å²) in [5.41, 5.74) is 8.78. The summed E-state index contributed by atoms with van der Waals surface area (Å²) in [7, 11) is 1.47. The summed E-state index contributed by atoms with van der Waals surface area (Å²) in [6.07, 6.45) is -0.640. The molecule has 0 bridgehead atoms. The molecule has 0 saturated carbocycles. The van der Waals surface area contributed by atoms with Crippen molar-refractivity contribution >= 4 is 23.9 Å². The zero-order valence-electron chi connectivity index (χ0n) is 32.2. The standard InChI is InChI=1S/C26H34N2O6.C17H19NO3/c1-19(28(5)25(31)34-26(2,3)4)23(29)27-22(18-32-16-20-12-8-6-9-13-20)24(30)33-17-21-14-10-7-11-15-21;18-16(13-20-11-14-7-3-1-4-8-14)17(19)21-12-15-9-5-2-6-10-15/h6-15,19,22H,16-18H2,1-5H3,(H,27,29);1-10,16H,11-13,18H2/t19-,22-;16-/m00/s1. The highest BCUT2D eigenvalue weighted by Crippen LogP contribution is 2.12. The summed E-state index contributed by atoms with van der Waals surface area (Å²) < 4.78 is 27.0. The number of amides is 2. The normalized spacial score (nSPS) is 12.5. The fraction of sp³-hybridized carbons (Fsp3) is 0.349. The Morgan fingerprint density at radius 3 is 1.42 bits per heavy atom. The van der Waals surface area contributed by atoms with Crippen LogP contribution in [0.25, 0.3) is 0 Å². The largest absolute Gasteiger partial charge is 0.460 e. The quantitative estimate of drug-likeness (QED) is 0.0974. The van der Waals surface area contributed by atoms with E-state index in [9.17, 15) is 19.2 Å². The molecule has 12 heteroatoms. The van der Waals surface area contributed by atoms with E-state index in [-0.39, 0.29) is 33.0 Å². The van der Waals surface area contributed by atoms with Gasteiger partial charge in [-0.3, -0.25) is 14.5 Å². The zero-order valence-corrected chi connectivity index (χ0v) is 32.2. The number of carbonyl (C=O) groups excluding carboxylic acids is 4. The Morgan fingerprint density at radius 2 is 1.00 bits per heavy atom. The van der Waals surface area contributed by atoms with E-state index in [0.717, 1.165) is 22.3 Å². The average molecular weight is 756 g/mol. The highest BCUT2D eigenvalue weighted by molar-refractivity contribution is 5.89. The van der Waals surface area contributed by atoms with Crippen LogP contribution in [0.5, 0.6) is 0 Å². The topological polar surface area (TPSA) is 156 Å². The first kappa shape index (κ1) is 43.8. The van der Waals surface area contributed by atoms with Crippen molar-refractivity contribution in [3.8, 4) is 0 Å². The molecule has 3 atom stereocenters. The zero-order chi connectivity index (χ0) is 40.1. The van der Waals surface area contributed by atoms with Gasteiger partial charge in [-0.25, -0.2) is 9.59 Å². The number of ether oxygens (including phenoxy) is 5. The molecular formula is C43H53N3O9. The van der Waals surface area contributed by atoms with Crippen molar-refractivity contribution in [2.45, 2.75) is 77.8 Å². The molecule has 0 saturated heterocycles. The Labute approximate surface area is 323 Å². The first-order chi connectivity index (χ1) is 26.3. The number of carbonyl (C=O) groups is 4. The van der Waals surface area contributed by atoms with Crippen LogP contribution in [0.15, 0.2) is 121 Å². The lowest BCUT2D eigenvalue weighted by Crippen LogP contribution is -2.53. The van der Waals surface area contributed by atoms with Crippen molar-refractivity contribution in [3.05, 3.63) is 144 Å². The van der Waals surface area contributed by atoms with E-state index in [2.05, 4.69) is 5.32 Å². The van der Waals surface area contributed by atoms with Crippen molar-refractivity contribution in [2.24, 2.45) is 5.73 Å². The minimum Gasteiger partial charge on any atom is -0.460 e. The van der Waals surface area contributed by atoms with Crippen LogP contribution in [-0.2, 0) is 64.5 Å². The van der Waals surface area contributed by atoms with Gasteiger partial charge in [0.1, 0.15) is 30.9 Å². The Morgan fingerprint density at radius 1 is 0.618 bits per heavy atom. The van der Waals surface area contributed by atoms with Gasteiger partial charge in [-0.05, 0) is 49.9 Å². The van der Waals surface area contributed by atoms with E-state index in [0.29, 0.717) is 6.61 Å². The SMILES string of the molecule is C[C@@H](C(=O)N[C@@H](COCc1ccccc1)C(=O)OCc1ccccc1)N(C)C(=O)OC(C)(C)C.N[C@@H](COCc1ccccc1)C(=O)OCc1ccccc1. The van der Waals surface area contributed by atoms with Crippen LogP contribution in [0, 0.1) is 0 Å². The van der Waals surface area contributed by atoms with E-state index in [1.54, 1.807) is 27.7 Å². The first-order valence-electron chi connectivity index (χ1n) is 18.0. The summed E-state index contributed by atoms with van der Waals surface area (Å²) >= 11 is 0. The third-order valence-corrected chi connectivity index (χ3v) is 7.80. The predicted octanol–water partition coefficient (Wildman–Crippen LogP) is 5.96. The number of nitrogens with one attached hydrogen (secondary N) is 1. The maximum absolute atomic E-state index is 12.9. The van der Waals surface area contributed by atoms with E-state index < -0.39 is 47.7 Å². The van der Waals surface area contributed by atoms with Gasteiger partial charge < -0.3 is 34.7 Å². The van der Waals surface area contributed by atoms with E-state index in [4.69, 9.17) is 29.4 Å². The number of benzene rings is 4. The molecule has 0 fully saturated rings. The molecule has 0 aromatic heterocycles. The Hall–Kier alpha value is -5.56. The van der Waals surface area contributed by atoms with Crippen LogP contribution >= 0.6 is 0 Å². The molecule has 55 heavy (non-hydrogen) atoms. The van der Waals surface area contributed by atoms with Gasteiger partial charge in [0.15, 0.2) is 6.04 Å². The van der Waals surface area contributed by atoms with Crippen LogP contribution in [0.1, 0.15) is 49.9 Å². The van der Waals surface area contributed by atoms with Gasteiger partial charge in [0.05, 0.1) is 26.4 Å². The van der Waals surface area contributed by atoms with Gasteiger partial charge in [0.25, 0.3) is 0 Å². The number of hydrogen-bond acceptors (Lipinski definition) is 10. The molecule has 2 amide bonds. The van der Waals surface area contributed by atoms with Gasteiger partial charge in [0, 0.05) is 7.05 Å². The molecule has 12 nitrogen and oxygen atoms in total. The maximum atomic E-state index is 12.9. The van der Waals surface area contributed by atoms with Crippen molar-refractivity contribution in [3.63, 3.8) is 0 Å². The third-order valence-electron chi connectivity index (χ3n) is 7.80. The van der Waals surface area contributed by atoms with Crippen LogP contribution < -0.4 is 11.1 Å². The van der Waals surface area contributed by atoms with Crippen molar-refractivity contribution in [2.75, 3.05) is 20.3 Å². The molecular weight excluding hydrogens is 702 g/mol. The monoisotopic (exact) mass is 755 g/mol. The molecule has 0 aliphatic carbocycles. The summed E-state index contributed by atoms with van der Waals surface area (Å²) in [4.78, 5) is 50.9. The second-order valence-corrected chi connectivity index (χ2v) is 13.6. The highest BCUT2D eigenvalue weighted by Gasteiger charge is 2.30. The predicted molar refractivity (Wildman–Crippen MR) is 208 cm³/mol. The third kappa shape index (κ3) is 17.4. The molecule has 4 rings (SSSR count). The molecule has 0 heterocycles. The van der Waals surface area contributed by atoms with Crippen LogP contribution in [0.3, 0.4) is 0 Å². The van der Waals surface area contributed by atoms with E-state index in [1.807, 2.05) is 121 Å². The molecule has 0 aliphatic heterocycles. The molecule has 3 N–H and O–H groups in total. The summed E-state index contributed by atoms with van der Waals surface area (Å²) in [6, 6.07) is 35.2. The van der Waals surface area contributed by atoms with Crippen molar-refractivity contribution < 1.29 is 42.9 Å². The van der Waals surface area contributed by atoms with Gasteiger partial charge >= 0.3 is 18.0 Å². The maximum Gasteiger partial charge on any atom is 0.410 e. The number of nitrogens with zero attached hydrogens (tertiary/aromatic N) is 1. The summed E-state index contributed by atoms with van der Waals surface area (Å²) in [6.45, 7) is 7.83. The summed E-state index contributed by atoms with van der Waals surface area (Å²) in [5, 5.41) is 2.65. The lowest BCUT2D eigenvalue weighted by Gasteiger charge is -2.29. The lowest BCUT2D eigenvalue weighted by molar-refractivity contribution is -0.151. The molecule has 294 valence electrons. The molecule has 4 aromatic rings. The van der Waals surface area contributed by atoms with E-state index in [1.165, 1.54) is 11.9 Å². The number of likely N-dealkylation sites (N-methyl/N-ethyl adjacent to an activating group) is 1. The highest BCUT2D eigenvalue weighted by atomic mass is 16.6. The van der Waals surface area contributed by atoms with Crippen LogP contribution in [-0.4, -0.2) is 72.8 Å². The van der Waals surface area contributed by atoms with Crippen LogP contribution in [0.4, 0.5) is 4.79 Å². The molecule has 0 unspecified atom stereocenters. The number of nitrogens with two attached hydrogens (primary N) is 1. The lowest BCUT2D eigenvalue weighted by atomic mass is 10.2. The molecule has 0 aliphatic rings. The van der Waals surface area contributed by atoms with Gasteiger partial charge in [-0.1, -0.05) is 121 Å². The molecule has 0 spiro atoms. The Kier molecular flexibility index (Phi) is 18.6. The smallest absolute Gasteiger partial charge is 0.410 e. The molecule has 0 radical (unpaired) electrons. The number of rotatable bonds is 17. The molecule has 4 aromatic carbocycles. The van der Waals surface area contributed by atoms with Crippen molar-refractivity contribution in [1.29, 1.82) is 0 Å². The first-order valence-corrected chi connectivity index (χ1v) is 18.0. The fourth-order valence-corrected chi connectivity index (χ4v) is 4.61. The van der Waals surface area contributed by atoms with Gasteiger partial charge in [-0.2, -0.15) is 0 Å². The average Bonchev–Trinajstić information content (AvgIpc) is 3.19. The minimum atomic E-state index is -1.05. The fourth-order valence-electron chi connectivity index (χ4n) is 4.61. The number of hydrogen-bond donors (Lipinski definition) is 2. The summed E-state index contributed by atoms with van der Waals surface area (Å²) in [5.74, 6) is -1.61. The van der Waals surface area contributed by atoms with Gasteiger partial charge in [-0.15, -0.1) is 0 Å². The number of esters is 2. The Bertz CT molecular complexity index is 1720. The van der Waals surface area contributed by atoms with Crippen LogP contribution in [0.2, 0.25) is 0 Å². The van der Waals surface area contributed by atoms with E-state index >= 15 is 0 Å². The van der Waals surface area contributed by atoms with Crippen molar-refractivity contribution in [1.82, 2.24) is 10.2 Å². The minimum absolute atomic E-state index is 0.0676. The second-order valence-electron chi connectivity index (χ2n) is 13.6. The Balaban J connectivity index is 0.000000330. The van der Waals surface area contributed by atoms with Gasteiger partial charge in [0.2, 0.25) is 5.91 Å². The second kappa shape index (κ2) is 23.3.